The molecule has 15 heteroatoms. The van der Waals surface area contributed by atoms with Crippen molar-refractivity contribution in [3.05, 3.63) is 93.1 Å². The zero-order valence-electron chi connectivity index (χ0n) is 26.5. The van der Waals surface area contributed by atoms with Crippen LogP contribution in [0.4, 0.5) is 19.0 Å². The van der Waals surface area contributed by atoms with Crippen LogP contribution >= 0.6 is 23.2 Å². The van der Waals surface area contributed by atoms with E-state index in [1.807, 2.05) is 6.08 Å². The van der Waals surface area contributed by atoms with Crippen LogP contribution in [0.5, 0.6) is 11.5 Å². The number of phenolic OH excluding ortho intramolecular Hbond substituents is 1. The maximum absolute atomic E-state index is 15.1. The van der Waals surface area contributed by atoms with E-state index in [0.29, 0.717) is 34.0 Å². The van der Waals surface area contributed by atoms with Gasteiger partial charge < -0.3 is 9.84 Å². The molecule has 2 aliphatic heterocycles. The molecule has 1 aromatic heterocycles. The summed E-state index contributed by atoms with van der Waals surface area (Å²) in [6, 6.07) is 11.6. The number of fused-ring (bicyclic) bond motifs is 4. The Kier molecular flexibility index (Phi) is 8.13. The maximum Gasteiger partial charge on any atom is 0.417 e. The van der Waals surface area contributed by atoms with E-state index in [2.05, 4.69) is 10.4 Å². The quantitative estimate of drug-likeness (QED) is 0.229. The van der Waals surface area contributed by atoms with Gasteiger partial charge in [-0.25, -0.2) is 4.98 Å². The molecular weight excluding hydrogens is 700 g/mol. The van der Waals surface area contributed by atoms with Gasteiger partial charge in [-0.1, -0.05) is 53.1 Å². The number of aromatic nitrogens is 1. The summed E-state index contributed by atoms with van der Waals surface area (Å²) in [5, 5.41) is 11.1. The van der Waals surface area contributed by atoms with Gasteiger partial charge in [-0.05, 0) is 67.1 Å². The van der Waals surface area contributed by atoms with Crippen LogP contribution in [0, 0.1) is 23.7 Å². The normalized spacial score (nSPS) is 27.6. The fraction of sp³-hybridized carbons (Fsp3) is 0.343. The molecule has 50 heavy (non-hydrogen) atoms. The Bertz CT molecular complexity index is 1990. The van der Waals surface area contributed by atoms with Crippen LogP contribution in [0.1, 0.15) is 42.4 Å². The van der Waals surface area contributed by atoms with Crippen LogP contribution in [-0.2, 0) is 30.8 Å². The number of amides is 4. The number of anilines is 1. The van der Waals surface area contributed by atoms with Gasteiger partial charge >= 0.3 is 6.18 Å². The number of nitrogens with one attached hydrogen (secondary N) is 1. The third kappa shape index (κ3) is 4.88. The molecule has 0 unspecified atom stereocenters. The van der Waals surface area contributed by atoms with Crippen LogP contribution in [0.2, 0.25) is 10.0 Å². The topological polar surface area (TPSA) is 129 Å². The lowest BCUT2D eigenvalue weighted by Gasteiger charge is -2.50. The number of hydrogen-bond donors (Lipinski definition) is 2. The third-order valence-corrected chi connectivity index (χ3v) is 11.0. The van der Waals surface area contributed by atoms with Gasteiger partial charge in [-0.15, -0.1) is 0 Å². The average molecular weight is 730 g/mol. The SMILES string of the molecule is CCN1C(=O)[C@H]2[C@H](CC=C3[C@H]2C[C@H]2C(=O)N(Nc4ncc(C(F)(F)F)cc4Cl)C(=O)[C@@]2(c2ccc(Cl)cc2)[C@H]3c2ccc(O)c(OC)c2)C1=O. The highest BCUT2D eigenvalue weighted by molar-refractivity contribution is 6.33. The minimum atomic E-state index is -4.74. The third-order valence-electron chi connectivity index (χ3n) is 10.5. The average Bonchev–Trinajstić information content (AvgIpc) is 3.46. The molecule has 1 saturated carbocycles. The standard InChI is InChI=1S/C35H29Cl2F3N4O6/c1-3-43-30(46)21-10-9-20-22(27(21)32(43)48)14-23-31(47)44(42-29-24(37)13-18(15-41-29)35(38,39)40)33(49)34(23,17-5-7-19(36)8-6-17)28(20)16-4-11-25(45)26(12-16)50-2/h4-9,11-13,15,21-23,27-28,45H,3,10,14H2,1-2H3,(H,41,42)/t21-,22+,23-,27-,28-,34+/m0/s1. The van der Waals surface area contributed by atoms with Gasteiger partial charge in [-0.3, -0.25) is 29.5 Å². The first kappa shape index (κ1) is 33.9. The summed E-state index contributed by atoms with van der Waals surface area (Å²) in [6.45, 7) is 1.89. The number of methoxy groups -OCH3 is 1. The van der Waals surface area contributed by atoms with Crippen molar-refractivity contribution >= 4 is 52.6 Å². The molecule has 4 aliphatic rings. The van der Waals surface area contributed by atoms with Crippen molar-refractivity contribution in [2.24, 2.45) is 23.7 Å². The number of hydrogen-bond acceptors (Lipinski definition) is 8. The molecule has 2 saturated heterocycles. The molecule has 7 rings (SSSR count). The van der Waals surface area contributed by atoms with Crippen molar-refractivity contribution in [1.82, 2.24) is 14.9 Å². The Labute approximate surface area is 293 Å². The number of rotatable bonds is 6. The van der Waals surface area contributed by atoms with E-state index in [4.69, 9.17) is 27.9 Å². The predicted molar refractivity (Wildman–Crippen MR) is 174 cm³/mol. The first-order valence-corrected chi connectivity index (χ1v) is 16.5. The number of ether oxygens (including phenoxy) is 1. The molecule has 4 amide bonds. The number of hydrazine groups is 1. The van der Waals surface area contributed by atoms with Gasteiger partial charge in [0, 0.05) is 23.7 Å². The Morgan fingerprint density at radius 3 is 2.38 bits per heavy atom. The van der Waals surface area contributed by atoms with E-state index < -0.39 is 63.6 Å². The summed E-state index contributed by atoms with van der Waals surface area (Å²) in [6.07, 6.45) is -2.12. The second kappa shape index (κ2) is 12.0. The summed E-state index contributed by atoms with van der Waals surface area (Å²) in [7, 11) is 1.36. The van der Waals surface area contributed by atoms with E-state index in [9.17, 15) is 32.7 Å². The minimum Gasteiger partial charge on any atom is -0.504 e. The zero-order valence-corrected chi connectivity index (χ0v) is 28.0. The van der Waals surface area contributed by atoms with E-state index in [1.54, 1.807) is 43.3 Å². The van der Waals surface area contributed by atoms with Crippen LogP contribution in [0.15, 0.2) is 66.4 Å². The van der Waals surface area contributed by atoms with Gasteiger partial charge in [0.25, 0.3) is 11.8 Å². The number of pyridine rings is 1. The first-order chi connectivity index (χ1) is 23.7. The lowest BCUT2D eigenvalue weighted by Crippen LogP contribution is -2.53. The maximum atomic E-state index is 15.1. The molecule has 2 aliphatic carbocycles. The van der Waals surface area contributed by atoms with Crippen LogP contribution < -0.4 is 10.2 Å². The molecular formula is C35H29Cl2F3N4O6. The number of halogens is 5. The summed E-state index contributed by atoms with van der Waals surface area (Å²) in [5.74, 6) is -6.74. The van der Waals surface area contributed by atoms with E-state index in [0.717, 1.165) is 5.01 Å². The van der Waals surface area contributed by atoms with Crippen molar-refractivity contribution < 1.29 is 42.2 Å². The number of nitrogens with zero attached hydrogens (tertiary/aromatic N) is 3. The molecule has 2 aromatic carbocycles. The van der Waals surface area contributed by atoms with Gasteiger partial charge in [0.1, 0.15) is 0 Å². The van der Waals surface area contributed by atoms with Gasteiger partial charge in [0.05, 0.1) is 40.9 Å². The van der Waals surface area contributed by atoms with Crippen molar-refractivity contribution in [3.8, 4) is 11.5 Å². The number of carbonyl (C=O) groups is 4. The minimum absolute atomic E-state index is 0.00511. The summed E-state index contributed by atoms with van der Waals surface area (Å²) < 4.78 is 45.6. The Hall–Kier alpha value is -4.62. The number of likely N-dealkylation sites (tertiary alicyclic amines) is 1. The molecule has 3 heterocycles. The molecule has 10 nitrogen and oxygen atoms in total. The first-order valence-electron chi connectivity index (χ1n) is 15.8. The lowest BCUT2D eigenvalue weighted by molar-refractivity contribution is -0.141. The van der Waals surface area contributed by atoms with E-state index in [1.165, 1.54) is 18.1 Å². The number of alkyl halides is 3. The Morgan fingerprint density at radius 2 is 1.74 bits per heavy atom. The van der Waals surface area contributed by atoms with Crippen LogP contribution in [-0.4, -0.2) is 57.3 Å². The van der Waals surface area contributed by atoms with Crippen LogP contribution in [0.3, 0.4) is 0 Å². The highest BCUT2D eigenvalue weighted by Gasteiger charge is 2.70. The highest BCUT2D eigenvalue weighted by Crippen LogP contribution is 2.64. The van der Waals surface area contributed by atoms with Gasteiger partial charge in [0.2, 0.25) is 11.8 Å². The van der Waals surface area contributed by atoms with Crippen LogP contribution in [0.25, 0.3) is 0 Å². The molecule has 260 valence electrons. The summed E-state index contributed by atoms with van der Waals surface area (Å²) in [4.78, 5) is 62.0. The van der Waals surface area contributed by atoms with E-state index in [-0.39, 0.29) is 48.5 Å². The largest absolute Gasteiger partial charge is 0.504 e. The summed E-state index contributed by atoms with van der Waals surface area (Å²) >= 11 is 12.5. The Morgan fingerprint density at radius 1 is 1.02 bits per heavy atom. The smallest absolute Gasteiger partial charge is 0.417 e. The monoisotopic (exact) mass is 728 g/mol. The number of carbonyl (C=O) groups excluding carboxylic acids is 4. The molecule has 6 atom stereocenters. The highest BCUT2D eigenvalue weighted by atomic mass is 35.5. The molecule has 3 fully saturated rings. The number of allylic oxidation sites excluding steroid dienone is 2. The fourth-order valence-corrected chi connectivity index (χ4v) is 8.74. The molecule has 2 N–H and O–H groups in total. The number of aromatic hydroxyl groups is 1. The van der Waals surface area contributed by atoms with Crippen molar-refractivity contribution in [1.29, 1.82) is 0 Å². The van der Waals surface area contributed by atoms with Crippen molar-refractivity contribution in [2.45, 2.75) is 37.3 Å². The Balaban J connectivity index is 1.45. The molecule has 0 radical (unpaired) electrons. The second-order valence-electron chi connectivity index (χ2n) is 12.8. The van der Waals surface area contributed by atoms with Gasteiger partial charge in [-0.2, -0.15) is 18.2 Å². The lowest BCUT2D eigenvalue weighted by atomic mass is 9.49. The van der Waals surface area contributed by atoms with Crippen molar-refractivity contribution in [2.75, 3.05) is 19.1 Å². The molecule has 0 spiro atoms. The van der Waals surface area contributed by atoms with Gasteiger partial charge in [0.15, 0.2) is 17.3 Å². The number of benzene rings is 2. The number of imide groups is 2. The zero-order chi connectivity index (χ0) is 35.9. The number of phenols is 1. The van der Waals surface area contributed by atoms with E-state index >= 15 is 4.79 Å². The predicted octanol–water partition coefficient (Wildman–Crippen LogP) is 6.13. The molecule has 3 aromatic rings. The second-order valence-corrected chi connectivity index (χ2v) is 13.6. The summed E-state index contributed by atoms with van der Waals surface area (Å²) in [5.41, 5.74) is 1.32. The molecule has 0 bridgehead atoms. The fourth-order valence-electron chi connectivity index (χ4n) is 8.41. The van der Waals surface area contributed by atoms with Crippen molar-refractivity contribution in [3.63, 3.8) is 0 Å².